The van der Waals surface area contributed by atoms with Crippen molar-refractivity contribution in [1.82, 2.24) is 4.90 Å². The SMILES string of the molecule is CCOC(=O)c1ccoc1CN1CCC(C(=O)OC)C1. The number of carbonyl (C=O) groups excluding carboxylic acids is 2. The molecule has 0 bridgehead atoms. The van der Waals surface area contributed by atoms with Crippen LogP contribution in [0, 0.1) is 5.92 Å². The summed E-state index contributed by atoms with van der Waals surface area (Å²) in [5, 5.41) is 0. The molecule has 1 atom stereocenters. The Morgan fingerprint density at radius 3 is 3.00 bits per heavy atom. The van der Waals surface area contributed by atoms with Gasteiger partial charge in [0.1, 0.15) is 11.3 Å². The summed E-state index contributed by atoms with van der Waals surface area (Å²) in [6, 6.07) is 1.61. The minimum Gasteiger partial charge on any atom is -0.469 e. The third-order valence-corrected chi connectivity index (χ3v) is 3.41. The molecule has 1 aromatic rings. The molecule has 0 spiro atoms. The lowest BCUT2D eigenvalue weighted by atomic mass is 10.1. The van der Waals surface area contributed by atoms with E-state index in [-0.39, 0.29) is 17.9 Å². The van der Waals surface area contributed by atoms with Crippen LogP contribution in [0.3, 0.4) is 0 Å². The van der Waals surface area contributed by atoms with Gasteiger partial charge in [0.2, 0.25) is 0 Å². The Balaban J connectivity index is 1.96. The molecule has 0 N–H and O–H groups in total. The van der Waals surface area contributed by atoms with Gasteiger partial charge in [-0.05, 0) is 26.0 Å². The normalized spacial score (nSPS) is 19.0. The zero-order valence-electron chi connectivity index (χ0n) is 11.8. The van der Waals surface area contributed by atoms with E-state index in [2.05, 4.69) is 4.90 Å². The average Bonchev–Trinajstić information content (AvgIpc) is 3.08. The van der Waals surface area contributed by atoms with E-state index in [0.29, 0.717) is 31.0 Å². The quantitative estimate of drug-likeness (QED) is 0.761. The number of likely N-dealkylation sites (tertiary alicyclic amines) is 1. The zero-order valence-corrected chi connectivity index (χ0v) is 11.8. The highest BCUT2D eigenvalue weighted by molar-refractivity contribution is 5.90. The van der Waals surface area contributed by atoms with Crippen LogP contribution in [0.15, 0.2) is 16.7 Å². The second-order valence-electron chi connectivity index (χ2n) is 4.72. The first-order chi connectivity index (χ1) is 9.65. The van der Waals surface area contributed by atoms with Crippen LogP contribution >= 0.6 is 0 Å². The minimum atomic E-state index is -0.375. The lowest BCUT2D eigenvalue weighted by Gasteiger charge is -2.14. The van der Waals surface area contributed by atoms with Gasteiger partial charge in [-0.25, -0.2) is 4.79 Å². The van der Waals surface area contributed by atoms with Crippen LogP contribution in [0.2, 0.25) is 0 Å². The minimum absolute atomic E-state index is 0.0963. The molecule has 2 rings (SSSR count). The fourth-order valence-corrected chi connectivity index (χ4v) is 2.39. The zero-order chi connectivity index (χ0) is 14.5. The highest BCUT2D eigenvalue weighted by Gasteiger charge is 2.30. The number of furan rings is 1. The molecule has 0 saturated carbocycles. The van der Waals surface area contributed by atoms with Crippen LogP contribution in [-0.4, -0.2) is 43.6 Å². The monoisotopic (exact) mass is 281 g/mol. The smallest absolute Gasteiger partial charge is 0.341 e. The van der Waals surface area contributed by atoms with Crippen LogP contribution in [0.5, 0.6) is 0 Å². The van der Waals surface area contributed by atoms with E-state index in [1.807, 2.05) is 0 Å². The van der Waals surface area contributed by atoms with Crippen molar-refractivity contribution in [3.8, 4) is 0 Å². The molecular formula is C14H19NO5. The third kappa shape index (κ3) is 3.19. The lowest BCUT2D eigenvalue weighted by molar-refractivity contribution is -0.144. The summed E-state index contributed by atoms with van der Waals surface area (Å²) < 4.78 is 15.1. The van der Waals surface area contributed by atoms with E-state index in [1.165, 1.54) is 13.4 Å². The molecule has 6 heteroatoms. The van der Waals surface area contributed by atoms with Crippen LogP contribution < -0.4 is 0 Å². The van der Waals surface area contributed by atoms with Crippen molar-refractivity contribution in [3.05, 3.63) is 23.7 Å². The van der Waals surface area contributed by atoms with Crippen molar-refractivity contribution in [2.45, 2.75) is 19.9 Å². The van der Waals surface area contributed by atoms with Crippen LogP contribution in [-0.2, 0) is 20.8 Å². The molecule has 110 valence electrons. The second-order valence-corrected chi connectivity index (χ2v) is 4.72. The van der Waals surface area contributed by atoms with Gasteiger partial charge in [-0.2, -0.15) is 0 Å². The maximum atomic E-state index is 11.7. The number of ether oxygens (including phenoxy) is 2. The van der Waals surface area contributed by atoms with Gasteiger partial charge in [0.05, 0.1) is 32.4 Å². The molecule has 1 saturated heterocycles. The van der Waals surface area contributed by atoms with Crippen molar-refractivity contribution >= 4 is 11.9 Å². The molecule has 0 amide bonds. The van der Waals surface area contributed by atoms with E-state index in [4.69, 9.17) is 13.9 Å². The molecule has 6 nitrogen and oxygen atoms in total. The molecule has 1 aliphatic heterocycles. The molecule has 1 fully saturated rings. The molecule has 1 aliphatic rings. The molecule has 0 radical (unpaired) electrons. The van der Waals surface area contributed by atoms with Crippen LogP contribution in [0.25, 0.3) is 0 Å². The molecule has 0 aromatic carbocycles. The lowest BCUT2D eigenvalue weighted by Crippen LogP contribution is -2.24. The second kappa shape index (κ2) is 6.56. The molecular weight excluding hydrogens is 262 g/mol. The average molecular weight is 281 g/mol. The highest BCUT2D eigenvalue weighted by atomic mass is 16.5. The molecule has 1 aromatic heterocycles. The summed E-state index contributed by atoms with van der Waals surface area (Å²) in [7, 11) is 1.40. The Bertz CT molecular complexity index is 482. The van der Waals surface area contributed by atoms with Gasteiger partial charge in [-0.1, -0.05) is 0 Å². The van der Waals surface area contributed by atoms with Gasteiger partial charge < -0.3 is 13.9 Å². The third-order valence-electron chi connectivity index (χ3n) is 3.41. The summed E-state index contributed by atoms with van der Waals surface area (Å²) in [6.07, 6.45) is 2.25. The van der Waals surface area contributed by atoms with Crippen molar-refractivity contribution < 1.29 is 23.5 Å². The Labute approximate surface area is 117 Å². The van der Waals surface area contributed by atoms with E-state index in [0.717, 1.165) is 13.0 Å². The standard InChI is InChI=1S/C14H19NO5/c1-3-19-14(17)11-5-7-20-12(11)9-15-6-4-10(8-15)13(16)18-2/h5,7,10H,3-4,6,8-9H2,1-2H3. The number of rotatable bonds is 5. The van der Waals surface area contributed by atoms with Gasteiger partial charge in [-0.15, -0.1) is 0 Å². The van der Waals surface area contributed by atoms with Crippen molar-refractivity contribution in [2.75, 3.05) is 26.8 Å². The summed E-state index contributed by atoms with van der Waals surface area (Å²) in [5.74, 6) is -0.0764. The van der Waals surface area contributed by atoms with Crippen molar-refractivity contribution in [3.63, 3.8) is 0 Å². The Morgan fingerprint density at radius 1 is 1.50 bits per heavy atom. The molecule has 20 heavy (non-hydrogen) atoms. The topological polar surface area (TPSA) is 69.0 Å². The van der Waals surface area contributed by atoms with Gasteiger partial charge in [0.15, 0.2) is 0 Å². The Morgan fingerprint density at radius 2 is 2.30 bits per heavy atom. The van der Waals surface area contributed by atoms with E-state index >= 15 is 0 Å². The maximum absolute atomic E-state index is 11.7. The number of hydrogen-bond donors (Lipinski definition) is 0. The first kappa shape index (κ1) is 14.6. The predicted molar refractivity (Wildman–Crippen MR) is 70.1 cm³/mol. The summed E-state index contributed by atoms with van der Waals surface area (Å²) in [4.78, 5) is 25.3. The molecule has 1 unspecified atom stereocenters. The fraction of sp³-hybridized carbons (Fsp3) is 0.571. The van der Waals surface area contributed by atoms with Crippen LogP contribution in [0.1, 0.15) is 29.5 Å². The van der Waals surface area contributed by atoms with Crippen molar-refractivity contribution in [2.24, 2.45) is 5.92 Å². The van der Waals surface area contributed by atoms with E-state index in [9.17, 15) is 9.59 Å². The number of esters is 2. The van der Waals surface area contributed by atoms with Gasteiger partial charge >= 0.3 is 11.9 Å². The van der Waals surface area contributed by atoms with E-state index in [1.54, 1.807) is 13.0 Å². The summed E-state index contributed by atoms with van der Waals surface area (Å²) in [5.41, 5.74) is 0.452. The number of methoxy groups -OCH3 is 1. The Hall–Kier alpha value is -1.82. The largest absolute Gasteiger partial charge is 0.469 e. The highest BCUT2D eigenvalue weighted by Crippen LogP contribution is 2.22. The molecule has 2 heterocycles. The fourth-order valence-electron chi connectivity index (χ4n) is 2.39. The van der Waals surface area contributed by atoms with Crippen molar-refractivity contribution in [1.29, 1.82) is 0 Å². The first-order valence-corrected chi connectivity index (χ1v) is 6.69. The Kier molecular flexibility index (Phi) is 4.79. The summed E-state index contributed by atoms with van der Waals surface area (Å²) in [6.45, 7) is 3.99. The number of hydrogen-bond acceptors (Lipinski definition) is 6. The van der Waals surface area contributed by atoms with E-state index < -0.39 is 0 Å². The predicted octanol–water partition coefficient (Wildman–Crippen LogP) is 1.45. The molecule has 0 aliphatic carbocycles. The number of carbonyl (C=O) groups is 2. The number of nitrogens with zero attached hydrogens (tertiary/aromatic N) is 1. The van der Waals surface area contributed by atoms with Gasteiger partial charge in [-0.3, -0.25) is 9.69 Å². The first-order valence-electron chi connectivity index (χ1n) is 6.69. The van der Waals surface area contributed by atoms with Gasteiger partial charge in [0, 0.05) is 6.54 Å². The maximum Gasteiger partial charge on any atom is 0.341 e. The van der Waals surface area contributed by atoms with Crippen LogP contribution in [0.4, 0.5) is 0 Å². The van der Waals surface area contributed by atoms with Gasteiger partial charge in [0.25, 0.3) is 0 Å². The summed E-state index contributed by atoms with van der Waals surface area (Å²) >= 11 is 0.